The molecule has 0 saturated carbocycles. The van der Waals surface area contributed by atoms with E-state index in [-0.39, 0.29) is 11.8 Å². The van der Waals surface area contributed by atoms with Gasteiger partial charge in [0, 0.05) is 17.4 Å². The maximum absolute atomic E-state index is 9.29. The van der Waals surface area contributed by atoms with Crippen LogP contribution in [-0.2, 0) is 0 Å². The van der Waals surface area contributed by atoms with Gasteiger partial charge in [-0.15, -0.1) is 0 Å². The molecule has 1 aliphatic carbocycles. The van der Waals surface area contributed by atoms with Gasteiger partial charge in [-0.1, -0.05) is 65.6 Å². The number of benzene rings is 2. The number of fused-ring (bicyclic) bond motifs is 1. The zero-order valence-corrected chi connectivity index (χ0v) is 13.1. The molecule has 2 nitrogen and oxygen atoms in total. The minimum Gasteiger partial charge on any atom is -0.411 e. The Kier molecular flexibility index (Phi) is 3.92. The molecule has 3 rings (SSSR count). The Morgan fingerprint density at radius 3 is 2.57 bits per heavy atom. The molecule has 1 aliphatic rings. The summed E-state index contributed by atoms with van der Waals surface area (Å²) in [6, 6.07) is 13.8. The predicted molar refractivity (Wildman–Crippen MR) is 86.9 cm³/mol. The quantitative estimate of drug-likeness (QED) is 0.558. The highest BCUT2D eigenvalue weighted by Gasteiger charge is 2.30. The highest BCUT2D eigenvalue weighted by molar-refractivity contribution is 6.42. The number of halogens is 2. The van der Waals surface area contributed by atoms with Crippen LogP contribution in [0.3, 0.4) is 0 Å². The molecule has 108 valence electrons. The molecule has 21 heavy (non-hydrogen) atoms. The number of rotatable bonds is 1. The van der Waals surface area contributed by atoms with Crippen LogP contribution in [0.1, 0.15) is 36.0 Å². The second kappa shape index (κ2) is 5.70. The third-order valence-electron chi connectivity index (χ3n) is 4.12. The van der Waals surface area contributed by atoms with Gasteiger partial charge in [-0.3, -0.25) is 0 Å². The maximum atomic E-state index is 9.29. The molecule has 2 atom stereocenters. The molecule has 0 bridgehead atoms. The van der Waals surface area contributed by atoms with Crippen molar-refractivity contribution in [2.75, 3.05) is 0 Å². The van der Waals surface area contributed by atoms with E-state index in [1.54, 1.807) is 0 Å². The first-order chi connectivity index (χ1) is 10.1. The zero-order chi connectivity index (χ0) is 15.0. The van der Waals surface area contributed by atoms with Gasteiger partial charge < -0.3 is 5.21 Å². The van der Waals surface area contributed by atoms with Gasteiger partial charge in [0.25, 0.3) is 0 Å². The van der Waals surface area contributed by atoms with Crippen molar-refractivity contribution in [3.05, 3.63) is 69.2 Å². The summed E-state index contributed by atoms with van der Waals surface area (Å²) in [5, 5.41) is 13.9. The number of hydrogen-bond donors (Lipinski definition) is 1. The molecule has 0 spiro atoms. The zero-order valence-electron chi connectivity index (χ0n) is 11.6. The number of oxime groups is 1. The summed E-state index contributed by atoms with van der Waals surface area (Å²) in [5.41, 5.74) is 4.07. The number of hydrogen-bond acceptors (Lipinski definition) is 2. The molecule has 4 heteroatoms. The second-order valence-electron chi connectivity index (χ2n) is 5.44. The van der Waals surface area contributed by atoms with E-state index in [0.717, 1.165) is 23.3 Å². The SMILES string of the molecule is C[C@H]1C[C@@H](c2ccc(Cl)c(Cl)c2)c2ccccc2/C1=N\O. The first-order valence-corrected chi connectivity index (χ1v) is 7.63. The van der Waals surface area contributed by atoms with Crippen molar-refractivity contribution >= 4 is 28.9 Å². The Balaban J connectivity index is 2.13. The van der Waals surface area contributed by atoms with Crippen LogP contribution >= 0.6 is 23.2 Å². The monoisotopic (exact) mass is 319 g/mol. The maximum Gasteiger partial charge on any atom is 0.0899 e. The van der Waals surface area contributed by atoms with Crippen LogP contribution in [0.15, 0.2) is 47.6 Å². The summed E-state index contributed by atoms with van der Waals surface area (Å²) in [4.78, 5) is 0. The summed E-state index contributed by atoms with van der Waals surface area (Å²) in [6.45, 7) is 2.08. The first kappa shape index (κ1) is 14.4. The summed E-state index contributed by atoms with van der Waals surface area (Å²) < 4.78 is 0. The fraction of sp³-hybridized carbons (Fsp3) is 0.235. The molecular weight excluding hydrogens is 305 g/mol. The van der Waals surface area contributed by atoms with E-state index in [9.17, 15) is 5.21 Å². The Morgan fingerprint density at radius 1 is 1.10 bits per heavy atom. The lowest BCUT2D eigenvalue weighted by Crippen LogP contribution is -2.25. The average Bonchev–Trinajstić information content (AvgIpc) is 2.49. The van der Waals surface area contributed by atoms with Crippen molar-refractivity contribution in [2.45, 2.75) is 19.3 Å². The van der Waals surface area contributed by atoms with Gasteiger partial charge in [-0.2, -0.15) is 0 Å². The van der Waals surface area contributed by atoms with Crippen LogP contribution in [0, 0.1) is 5.92 Å². The van der Waals surface area contributed by atoms with Crippen molar-refractivity contribution in [1.82, 2.24) is 0 Å². The van der Waals surface area contributed by atoms with Crippen molar-refractivity contribution in [3.8, 4) is 0 Å². The smallest absolute Gasteiger partial charge is 0.0899 e. The van der Waals surface area contributed by atoms with Crippen LogP contribution in [0.5, 0.6) is 0 Å². The van der Waals surface area contributed by atoms with Crippen LogP contribution in [0.2, 0.25) is 10.0 Å². The number of nitrogens with zero attached hydrogens (tertiary/aromatic N) is 1. The van der Waals surface area contributed by atoms with Gasteiger partial charge in [-0.25, -0.2) is 0 Å². The molecule has 0 heterocycles. The Morgan fingerprint density at radius 2 is 1.86 bits per heavy atom. The first-order valence-electron chi connectivity index (χ1n) is 6.88. The standard InChI is InChI=1S/C17H15Cl2NO/c1-10-8-14(11-6-7-15(18)16(19)9-11)12-4-2-3-5-13(12)17(10)20-21/h2-7,9-10,14,21H,8H2,1H3/b20-17-/t10-,14-/m0/s1. The Hall–Kier alpha value is -1.51. The molecule has 2 aromatic rings. The van der Waals surface area contributed by atoms with E-state index in [1.807, 2.05) is 36.4 Å². The molecule has 1 N–H and O–H groups in total. The van der Waals surface area contributed by atoms with Crippen LogP contribution in [0.25, 0.3) is 0 Å². The van der Waals surface area contributed by atoms with Gasteiger partial charge in [-0.05, 0) is 29.7 Å². The van der Waals surface area contributed by atoms with Crippen LogP contribution < -0.4 is 0 Å². The lowest BCUT2D eigenvalue weighted by atomic mass is 9.73. The fourth-order valence-electron chi connectivity index (χ4n) is 3.09. The van der Waals surface area contributed by atoms with Gasteiger partial charge in [0.05, 0.1) is 15.8 Å². The predicted octanol–water partition coefficient (Wildman–Crippen LogP) is 5.34. The van der Waals surface area contributed by atoms with Crippen molar-refractivity contribution in [2.24, 2.45) is 11.1 Å². The summed E-state index contributed by atoms with van der Waals surface area (Å²) in [7, 11) is 0. The minimum atomic E-state index is 0.185. The third kappa shape index (κ3) is 2.54. The summed E-state index contributed by atoms with van der Waals surface area (Å²) in [6.07, 6.45) is 0.883. The Bertz CT molecular complexity index is 712. The summed E-state index contributed by atoms with van der Waals surface area (Å²) in [5.74, 6) is 0.417. The molecule has 2 aromatic carbocycles. The van der Waals surface area contributed by atoms with E-state index in [4.69, 9.17) is 23.2 Å². The average molecular weight is 320 g/mol. The van der Waals surface area contributed by atoms with Crippen molar-refractivity contribution in [1.29, 1.82) is 0 Å². The lowest BCUT2D eigenvalue weighted by molar-refractivity contribution is 0.314. The van der Waals surface area contributed by atoms with E-state index in [0.29, 0.717) is 10.0 Å². The van der Waals surface area contributed by atoms with Gasteiger partial charge in [0.1, 0.15) is 0 Å². The molecule has 0 aromatic heterocycles. The minimum absolute atomic E-state index is 0.185. The molecule has 0 amide bonds. The van der Waals surface area contributed by atoms with E-state index in [2.05, 4.69) is 18.1 Å². The van der Waals surface area contributed by atoms with Crippen LogP contribution in [-0.4, -0.2) is 10.9 Å². The third-order valence-corrected chi connectivity index (χ3v) is 4.86. The lowest BCUT2D eigenvalue weighted by Gasteiger charge is -2.30. The molecule has 0 aliphatic heterocycles. The summed E-state index contributed by atoms with van der Waals surface area (Å²) >= 11 is 12.2. The van der Waals surface area contributed by atoms with Gasteiger partial charge in [0.2, 0.25) is 0 Å². The van der Waals surface area contributed by atoms with E-state index < -0.39 is 0 Å². The fourth-order valence-corrected chi connectivity index (χ4v) is 3.40. The van der Waals surface area contributed by atoms with Gasteiger partial charge >= 0.3 is 0 Å². The molecular formula is C17H15Cl2NO. The topological polar surface area (TPSA) is 32.6 Å². The second-order valence-corrected chi connectivity index (χ2v) is 6.25. The molecule has 0 radical (unpaired) electrons. The van der Waals surface area contributed by atoms with E-state index >= 15 is 0 Å². The van der Waals surface area contributed by atoms with Crippen LogP contribution in [0.4, 0.5) is 0 Å². The molecule has 0 unspecified atom stereocenters. The largest absolute Gasteiger partial charge is 0.411 e. The highest BCUT2D eigenvalue weighted by Crippen LogP contribution is 2.40. The molecule has 0 fully saturated rings. The highest BCUT2D eigenvalue weighted by atomic mass is 35.5. The molecule has 0 saturated heterocycles. The van der Waals surface area contributed by atoms with Gasteiger partial charge in [0.15, 0.2) is 0 Å². The Labute approximate surface area is 134 Å². The normalized spacial score (nSPS) is 23.1. The van der Waals surface area contributed by atoms with Crippen molar-refractivity contribution in [3.63, 3.8) is 0 Å². The van der Waals surface area contributed by atoms with Crippen molar-refractivity contribution < 1.29 is 5.21 Å². The van der Waals surface area contributed by atoms with E-state index in [1.165, 1.54) is 5.56 Å².